The van der Waals surface area contributed by atoms with Crippen molar-refractivity contribution in [2.45, 2.75) is 51.2 Å². The van der Waals surface area contributed by atoms with Crippen molar-refractivity contribution in [3.63, 3.8) is 0 Å². The van der Waals surface area contributed by atoms with Crippen LogP contribution in [0.15, 0.2) is 82.5 Å². The molecule has 1 N–H and O–H groups in total. The first-order valence-corrected chi connectivity index (χ1v) is 14.4. The highest BCUT2D eigenvalue weighted by Crippen LogP contribution is 2.40. The Kier molecular flexibility index (Phi) is 8.15. The van der Waals surface area contributed by atoms with Crippen LogP contribution in [0.2, 0.25) is 5.04 Å². The predicted molar refractivity (Wildman–Crippen MR) is 144 cm³/mol. The molecule has 0 spiro atoms. The summed E-state index contributed by atoms with van der Waals surface area (Å²) in [6, 6.07) is 21.2. The van der Waals surface area contributed by atoms with Crippen molar-refractivity contribution in [1.82, 2.24) is 9.55 Å². The van der Waals surface area contributed by atoms with Gasteiger partial charge in [0, 0.05) is 19.2 Å². The quantitative estimate of drug-likeness (QED) is 0.348. The van der Waals surface area contributed by atoms with E-state index in [4.69, 9.17) is 13.9 Å². The first-order chi connectivity index (χ1) is 18.1. The minimum atomic E-state index is -2.96. The second-order valence-corrected chi connectivity index (χ2v) is 14.8. The van der Waals surface area contributed by atoms with Gasteiger partial charge in [0.1, 0.15) is 0 Å². The third-order valence-corrected chi connectivity index (χ3v) is 12.0. The molecule has 0 aliphatic carbocycles. The maximum atomic E-state index is 14.5. The van der Waals surface area contributed by atoms with Crippen molar-refractivity contribution in [2.75, 3.05) is 13.3 Å². The second-order valence-electron chi connectivity index (χ2n) is 10.4. The van der Waals surface area contributed by atoms with Gasteiger partial charge >= 0.3 is 11.7 Å². The van der Waals surface area contributed by atoms with Crippen LogP contribution in [0.5, 0.6) is 0 Å². The minimum Gasteiger partial charge on any atom is -0.457 e. The third-order valence-electron chi connectivity index (χ3n) is 6.98. The summed E-state index contributed by atoms with van der Waals surface area (Å²) in [5.41, 5.74) is -1.33. The first kappa shape index (κ1) is 27.7. The van der Waals surface area contributed by atoms with Crippen LogP contribution in [0.1, 0.15) is 33.9 Å². The van der Waals surface area contributed by atoms with E-state index >= 15 is 0 Å². The molecular formula is C28H33FN2O6Si. The highest BCUT2D eigenvalue weighted by molar-refractivity contribution is 6.99. The van der Waals surface area contributed by atoms with Gasteiger partial charge in [-0.15, -0.1) is 0 Å². The number of nitrogens with one attached hydrogen (secondary N) is 1. The molecule has 2 aromatic carbocycles. The van der Waals surface area contributed by atoms with Gasteiger partial charge in [-0.05, 0) is 15.4 Å². The van der Waals surface area contributed by atoms with Crippen LogP contribution in [-0.4, -0.2) is 49.3 Å². The molecule has 0 amide bonds. The summed E-state index contributed by atoms with van der Waals surface area (Å²) in [4.78, 5) is 38.3. The molecular weight excluding hydrogens is 507 g/mol. The van der Waals surface area contributed by atoms with Crippen molar-refractivity contribution in [3.8, 4) is 0 Å². The number of esters is 1. The van der Waals surface area contributed by atoms with Crippen molar-refractivity contribution in [3.05, 3.63) is 93.8 Å². The largest absolute Gasteiger partial charge is 0.457 e. The van der Waals surface area contributed by atoms with Gasteiger partial charge in [0.2, 0.25) is 0 Å². The Morgan fingerprint density at radius 1 is 1.03 bits per heavy atom. The van der Waals surface area contributed by atoms with Gasteiger partial charge in [0.15, 0.2) is 12.3 Å². The number of carbonyl (C=O) groups is 1. The number of benzene rings is 2. The third kappa shape index (κ3) is 5.29. The van der Waals surface area contributed by atoms with Gasteiger partial charge in [0.25, 0.3) is 13.9 Å². The molecule has 1 aromatic heterocycles. The number of aromatic nitrogens is 2. The van der Waals surface area contributed by atoms with Crippen LogP contribution in [0.4, 0.5) is 4.39 Å². The molecule has 8 nitrogen and oxygen atoms in total. The monoisotopic (exact) mass is 540 g/mol. The predicted octanol–water partition coefficient (Wildman–Crippen LogP) is 2.53. The molecule has 1 fully saturated rings. The van der Waals surface area contributed by atoms with E-state index in [0.29, 0.717) is 0 Å². The number of ether oxygens (including phenoxy) is 2. The van der Waals surface area contributed by atoms with Gasteiger partial charge in [-0.2, -0.15) is 0 Å². The lowest BCUT2D eigenvalue weighted by atomic mass is 10.00. The van der Waals surface area contributed by atoms with Crippen LogP contribution in [0.25, 0.3) is 0 Å². The normalized spacial score (nSPS) is 21.8. The highest BCUT2D eigenvalue weighted by atomic mass is 28.4. The van der Waals surface area contributed by atoms with Gasteiger partial charge in [-0.1, -0.05) is 81.4 Å². The Morgan fingerprint density at radius 2 is 1.61 bits per heavy atom. The summed E-state index contributed by atoms with van der Waals surface area (Å²) >= 11 is 0. The number of rotatable bonds is 8. The van der Waals surface area contributed by atoms with Gasteiger partial charge in [-0.3, -0.25) is 23.5 Å². The summed E-state index contributed by atoms with van der Waals surface area (Å²) in [6.45, 7) is 6.76. The van der Waals surface area contributed by atoms with E-state index in [0.717, 1.165) is 21.0 Å². The van der Waals surface area contributed by atoms with Crippen molar-refractivity contribution < 1.29 is 23.1 Å². The Morgan fingerprint density at radius 3 is 2.08 bits per heavy atom. The average molecular weight is 541 g/mol. The van der Waals surface area contributed by atoms with Crippen molar-refractivity contribution >= 4 is 24.7 Å². The van der Waals surface area contributed by atoms with Crippen molar-refractivity contribution in [1.29, 1.82) is 0 Å². The maximum absolute atomic E-state index is 14.5. The SMILES string of the molecule is CC(=O)OC1C(CF)C(CO[Si](c2ccccc2)(c2ccccc2)C(C)(C)C)OC1n1ccc(=O)[nH]c1=O. The molecule has 4 atom stereocenters. The van der Waals surface area contributed by atoms with Crippen LogP contribution in [0.3, 0.4) is 0 Å². The minimum absolute atomic E-state index is 0.00817. The zero-order valence-corrected chi connectivity index (χ0v) is 22.9. The summed E-state index contributed by atoms with van der Waals surface area (Å²) < 4.78 is 34.2. The van der Waals surface area contributed by atoms with E-state index in [2.05, 4.69) is 50.0 Å². The fourth-order valence-electron chi connectivity index (χ4n) is 5.29. The van der Waals surface area contributed by atoms with E-state index in [-0.39, 0.29) is 11.6 Å². The topological polar surface area (TPSA) is 99.6 Å². The highest BCUT2D eigenvalue weighted by Gasteiger charge is 2.53. The first-order valence-electron chi connectivity index (χ1n) is 12.5. The van der Waals surface area contributed by atoms with Gasteiger partial charge in [-0.25, -0.2) is 4.79 Å². The lowest BCUT2D eigenvalue weighted by Gasteiger charge is -2.43. The van der Waals surface area contributed by atoms with E-state index < -0.39 is 56.6 Å². The molecule has 4 unspecified atom stereocenters. The Labute approximate surface area is 221 Å². The molecule has 0 bridgehead atoms. The number of aromatic amines is 1. The smallest absolute Gasteiger partial charge is 0.330 e. The zero-order valence-electron chi connectivity index (χ0n) is 21.9. The molecule has 1 aliphatic rings. The van der Waals surface area contributed by atoms with E-state index in [1.165, 1.54) is 13.1 Å². The number of H-pyrrole nitrogens is 1. The second kappa shape index (κ2) is 11.2. The number of nitrogens with zero attached hydrogens (tertiary/aromatic N) is 1. The molecule has 10 heteroatoms. The fraction of sp³-hybridized carbons (Fsp3) is 0.393. The summed E-state index contributed by atoms with van der Waals surface area (Å²) in [5.74, 6) is -1.52. The summed E-state index contributed by atoms with van der Waals surface area (Å²) in [5, 5.41) is 1.79. The summed E-state index contributed by atoms with van der Waals surface area (Å²) in [7, 11) is -2.96. The molecule has 4 rings (SSSR count). The number of carbonyl (C=O) groups excluding carboxylic acids is 1. The summed E-state index contributed by atoms with van der Waals surface area (Å²) in [6.07, 6.45) is -1.79. The van der Waals surface area contributed by atoms with E-state index in [1.54, 1.807) is 0 Å². The van der Waals surface area contributed by atoms with Crippen LogP contribution in [0, 0.1) is 5.92 Å². The molecule has 2 heterocycles. The molecule has 202 valence electrons. The Balaban J connectivity index is 1.75. The fourth-order valence-corrected chi connectivity index (χ4v) is 9.86. The van der Waals surface area contributed by atoms with Crippen LogP contribution in [-0.2, 0) is 18.7 Å². The number of alkyl halides is 1. The lowest BCUT2D eigenvalue weighted by Crippen LogP contribution is -2.67. The number of halogens is 1. The van der Waals surface area contributed by atoms with Crippen LogP contribution >= 0.6 is 0 Å². The Bertz CT molecular complexity index is 1320. The lowest BCUT2D eigenvalue weighted by molar-refractivity contribution is -0.154. The molecule has 0 radical (unpaired) electrons. The van der Waals surface area contributed by atoms with E-state index in [1.807, 2.05) is 36.4 Å². The van der Waals surface area contributed by atoms with Gasteiger partial charge < -0.3 is 13.9 Å². The van der Waals surface area contributed by atoms with Gasteiger partial charge in [0.05, 0.1) is 25.3 Å². The molecule has 0 saturated carbocycles. The standard InChI is InChI=1S/C28H33FN2O6Si/c1-19(32)36-25-22(17-29)23(37-26(25)31-16-15-24(33)30-27(31)34)18-35-38(28(2,3)4,20-11-7-5-8-12-20)21-13-9-6-10-14-21/h5-16,22-23,25-26H,17-18H2,1-4H3,(H,30,33,34). The number of hydrogen-bond donors (Lipinski definition) is 1. The molecule has 1 aliphatic heterocycles. The van der Waals surface area contributed by atoms with Crippen LogP contribution < -0.4 is 21.6 Å². The van der Waals surface area contributed by atoms with E-state index in [9.17, 15) is 18.8 Å². The Hall–Kier alpha value is -3.34. The molecule has 3 aromatic rings. The molecule has 38 heavy (non-hydrogen) atoms. The zero-order chi connectivity index (χ0) is 27.5. The number of hydrogen-bond acceptors (Lipinski definition) is 6. The average Bonchev–Trinajstić information content (AvgIpc) is 3.21. The van der Waals surface area contributed by atoms with Crippen molar-refractivity contribution in [2.24, 2.45) is 5.92 Å². The maximum Gasteiger partial charge on any atom is 0.330 e. The molecule has 1 saturated heterocycles.